The monoisotopic (exact) mass is 355 g/mol. The zero-order valence-electron chi connectivity index (χ0n) is 13.8. The van der Waals surface area contributed by atoms with Crippen molar-refractivity contribution in [1.82, 2.24) is 10.1 Å². The Morgan fingerprint density at radius 1 is 1.20 bits per heavy atom. The fourth-order valence-electron chi connectivity index (χ4n) is 2.36. The molecule has 1 aromatic heterocycles. The summed E-state index contributed by atoms with van der Waals surface area (Å²) in [5.41, 5.74) is 2.58. The highest BCUT2D eigenvalue weighted by molar-refractivity contribution is 6.31. The lowest BCUT2D eigenvalue weighted by molar-refractivity contribution is -0.116. The standard InChI is InChI=1S/C19H18ClN3O2/c1-13-10-11-15(12-16(13)20)21-17(24)8-5-9-18-22-19(23-25-18)14-6-3-2-4-7-14/h2-4,6-7,10-12H,5,8-9H2,1H3,(H,21,24). The second kappa shape index (κ2) is 7.94. The maximum absolute atomic E-state index is 12.0. The average molecular weight is 356 g/mol. The van der Waals surface area contributed by atoms with Crippen LogP contribution < -0.4 is 5.32 Å². The molecule has 128 valence electrons. The predicted molar refractivity (Wildman–Crippen MR) is 97.5 cm³/mol. The molecule has 2 aromatic carbocycles. The van der Waals surface area contributed by atoms with Gasteiger partial charge in [0.15, 0.2) is 0 Å². The van der Waals surface area contributed by atoms with Crippen LogP contribution in [0, 0.1) is 6.92 Å². The molecule has 0 unspecified atom stereocenters. The highest BCUT2D eigenvalue weighted by atomic mass is 35.5. The minimum atomic E-state index is -0.0669. The molecule has 0 saturated carbocycles. The van der Waals surface area contributed by atoms with E-state index in [2.05, 4.69) is 15.5 Å². The van der Waals surface area contributed by atoms with E-state index in [0.717, 1.165) is 11.1 Å². The summed E-state index contributed by atoms with van der Waals surface area (Å²) in [6.07, 6.45) is 1.55. The van der Waals surface area contributed by atoms with Crippen LogP contribution in [0.15, 0.2) is 53.1 Å². The summed E-state index contributed by atoms with van der Waals surface area (Å²) < 4.78 is 5.24. The number of benzene rings is 2. The molecule has 0 radical (unpaired) electrons. The molecule has 1 N–H and O–H groups in total. The number of carbonyl (C=O) groups excluding carboxylic acids is 1. The number of aryl methyl sites for hydroxylation is 2. The van der Waals surface area contributed by atoms with E-state index < -0.39 is 0 Å². The number of nitrogens with one attached hydrogen (secondary N) is 1. The first-order chi connectivity index (χ1) is 12.1. The van der Waals surface area contributed by atoms with Gasteiger partial charge in [-0.15, -0.1) is 0 Å². The summed E-state index contributed by atoms with van der Waals surface area (Å²) in [5, 5.41) is 7.44. The van der Waals surface area contributed by atoms with Gasteiger partial charge in [-0.2, -0.15) is 4.98 Å². The fourth-order valence-corrected chi connectivity index (χ4v) is 2.54. The van der Waals surface area contributed by atoms with Crippen LogP contribution in [0.25, 0.3) is 11.4 Å². The Morgan fingerprint density at radius 3 is 2.76 bits per heavy atom. The van der Waals surface area contributed by atoms with Gasteiger partial charge < -0.3 is 9.84 Å². The largest absolute Gasteiger partial charge is 0.339 e. The van der Waals surface area contributed by atoms with Crippen LogP contribution in [0.1, 0.15) is 24.3 Å². The van der Waals surface area contributed by atoms with E-state index in [9.17, 15) is 4.79 Å². The Labute approximate surface area is 151 Å². The second-order valence-electron chi connectivity index (χ2n) is 5.74. The second-order valence-corrected chi connectivity index (χ2v) is 6.15. The number of hydrogen-bond acceptors (Lipinski definition) is 4. The van der Waals surface area contributed by atoms with Gasteiger partial charge in [0.25, 0.3) is 0 Å². The first kappa shape index (κ1) is 17.2. The van der Waals surface area contributed by atoms with Gasteiger partial charge in [-0.25, -0.2) is 0 Å². The molecule has 0 fully saturated rings. The lowest BCUT2D eigenvalue weighted by Gasteiger charge is -2.06. The van der Waals surface area contributed by atoms with Gasteiger partial charge in [-0.3, -0.25) is 4.79 Å². The molecule has 1 amide bonds. The molecule has 0 aliphatic heterocycles. The molecule has 0 atom stereocenters. The van der Waals surface area contributed by atoms with Gasteiger partial charge in [0.05, 0.1) is 0 Å². The molecule has 3 aromatic rings. The van der Waals surface area contributed by atoms with Crippen molar-refractivity contribution in [1.29, 1.82) is 0 Å². The number of carbonyl (C=O) groups is 1. The van der Waals surface area contributed by atoms with Crippen molar-refractivity contribution < 1.29 is 9.32 Å². The van der Waals surface area contributed by atoms with E-state index in [1.54, 1.807) is 6.07 Å². The van der Waals surface area contributed by atoms with E-state index in [1.807, 2.05) is 49.4 Å². The minimum absolute atomic E-state index is 0.0669. The summed E-state index contributed by atoms with van der Waals surface area (Å²) in [7, 11) is 0. The Morgan fingerprint density at radius 2 is 2.00 bits per heavy atom. The number of hydrogen-bond donors (Lipinski definition) is 1. The molecule has 0 aliphatic carbocycles. The fraction of sp³-hybridized carbons (Fsp3) is 0.211. The van der Waals surface area contributed by atoms with Crippen molar-refractivity contribution in [2.75, 3.05) is 5.32 Å². The Bertz CT molecular complexity index is 862. The van der Waals surface area contributed by atoms with Gasteiger partial charge in [0, 0.05) is 29.1 Å². The molecule has 25 heavy (non-hydrogen) atoms. The average Bonchev–Trinajstić information content (AvgIpc) is 3.08. The maximum Gasteiger partial charge on any atom is 0.226 e. The lowest BCUT2D eigenvalue weighted by atomic mass is 10.2. The van der Waals surface area contributed by atoms with Crippen molar-refractivity contribution in [2.45, 2.75) is 26.2 Å². The molecular formula is C19H18ClN3O2. The predicted octanol–water partition coefficient (Wildman–Crippen LogP) is 4.66. The van der Waals surface area contributed by atoms with Crippen LogP contribution in [0.5, 0.6) is 0 Å². The van der Waals surface area contributed by atoms with Crippen LogP contribution in [0.3, 0.4) is 0 Å². The first-order valence-electron chi connectivity index (χ1n) is 8.06. The van der Waals surface area contributed by atoms with Gasteiger partial charge in [-0.05, 0) is 31.0 Å². The molecule has 0 aliphatic rings. The number of anilines is 1. The summed E-state index contributed by atoms with van der Waals surface area (Å²) in [5.74, 6) is 1.03. The zero-order valence-corrected chi connectivity index (χ0v) is 14.6. The Kier molecular flexibility index (Phi) is 5.46. The van der Waals surface area contributed by atoms with Crippen molar-refractivity contribution >= 4 is 23.2 Å². The molecule has 6 heteroatoms. The number of nitrogens with zero attached hydrogens (tertiary/aromatic N) is 2. The number of halogens is 1. The molecule has 3 rings (SSSR count). The number of amides is 1. The van der Waals surface area contributed by atoms with E-state index in [-0.39, 0.29) is 5.91 Å². The molecule has 5 nitrogen and oxygen atoms in total. The minimum Gasteiger partial charge on any atom is -0.339 e. The van der Waals surface area contributed by atoms with E-state index in [4.69, 9.17) is 16.1 Å². The summed E-state index contributed by atoms with van der Waals surface area (Å²) in [6, 6.07) is 15.1. The summed E-state index contributed by atoms with van der Waals surface area (Å²) >= 11 is 6.06. The highest BCUT2D eigenvalue weighted by Gasteiger charge is 2.09. The van der Waals surface area contributed by atoms with Crippen LogP contribution >= 0.6 is 11.6 Å². The zero-order chi connectivity index (χ0) is 17.6. The van der Waals surface area contributed by atoms with E-state index >= 15 is 0 Å². The molecule has 1 heterocycles. The lowest BCUT2D eigenvalue weighted by Crippen LogP contribution is -2.11. The smallest absolute Gasteiger partial charge is 0.226 e. The van der Waals surface area contributed by atoms with Crippen molar-refractivity contribution in [2.24, 2.45) is 0 Å². The van der Waals surface area contributed by atoms with Gasteiger partial charge in [-0.1, -0.05) is 53.2 Å². The quantitative estimate of drug-likeness (QED) is 0.698. The van der Waals surface area contributed by atoms with Crippen molar-refractivity contribution in [3.8, 4) is 11.4 Å². The SMILES string of the molecule is Cc1ccc(NC(=O)CCCc2nc(-c3ccccc3)no2)cc1Cl. The summed E-state index contributed by atoms with van der Waals surface area (Å²) in [6.45, 7) is 1.92. The molecule has 0 bridgehead atoms. The third-order valence-corrected chi connectivity index (χ3v) is 4.16. The topological polar surface area (TPSA) is 68.0 Å². The number of aromatic nitrogens is 2. The van der Waals surface area contributed by atoms with Gasteiger partial charge in [0.1, 0.15) is 0 Å². The third-order valence-electron chi connectivity index (χ3n) is 3.75. The Hall–Kier alpha value is -2.66. The molecular weight excluding hydrogens is 338 g/mol. The first-order valence-corrected chi connectivity index (χ1v) is 8.43. The van der Waals surface area contributed by atoms with E-state index in [1.165, 1.54) is 0 Å². The van der Waals surface area contributed by atoms with Gasteiger partial charge >= 0.3 is 0 Å². The van der Waals surface area contributed by atoms with Crippen LogP contribution in [0.4, 0.5) is 5.69 Å². The van der Waals surface area contributed by atoms with Crippen LogP contribution in [-0.4, -0.2) is 16.0 Å². The van der Waals surface area contributed by atoms with E-state index in [0.29, 0.717) is 41.7 Å². The van der Waals surface area contributed by atoms with Crippen LogP contribution in [-0.2, 0) is 11.2 Å². The molecule has 0 spiro atoms. The number of rotatable bonds is 6. The Balaban J connectivity index is 1.48. The normalized spacial score (nSPS) is 10.6. The van der Waals surface area contributed by atoms with Crippen molar-refractivity contribution in [3.63, 3.8) is 0 Å². The maximum atomic E-state index is 12.0. The third kappa shape index (κ3) is 4.67. The summed E-state index contributed by atoms with van der Waals surface area (Å²) in [4.78, 5) is 16.4. The molecule has 0 saturated heterocycles. The van der Waals surface area contributed by atoms with Crippen LogP contribution in [0.2, 0.25) is 5.02 Å². The van der Waals surface area contributed by atoms with Gasteiger partial charge in [0.2, 0.25) is 17.6 Å². The highest BCUT2D eigenvalue weighted by Crippen LogP contribution is 2.20. The van der Waals surface area contributed by atoms with Crippen molar-refractivity contribution in [3.05, 3.63) is 65.0 Å².